The average molecular weight is 898 g/mol. The van der Waals surface area contributed by atoms with Gasteiger partial charge >= 0.3 is 0 Å². The highest BCUT2D eigenvalue weighted by atomic mass is 19.1. The molecule has 4 aromatic carbocycles. The van der Waals surface area contributed by atoms with E-state index in [4.69, 9.17) is 14.2 Å². The minimum Gasteiger partial charge on any atom is -0.495 e. The van der Waals surface area contributed by atoms with Crippen LogP contribution in [0.2, 0.25) is 0 Å². The number of nitrogens with zero attached hydrogens (tertiary/aromatic N) is 3. The van der Waals surface area contributed by atoms with Crippen molar-refractivity contribution < 1.29 is 52.2 Å². The molecule has 338 valence electrons. The Morgan fingerprint density at radius 3 is 2.12 bits per heavy atom. The Bertz CT molecular complexity index is 2790. The first-order valence-electron chi connectivity index (χ1n) is 21.5. The molecule has 3 fully saturated rings. The number of halogens is 1. The summed E-state index contributed by atoms with van der Waals surface area (Å²) in [5.74, 6) is -2.36. The summed E-state index contributed by atoms with van der Waals surface area (Å²) in [6.45, 7) is 1.50. The van der Waals surface area contributed by atoms with Crippen LogP contribution in [0.1, 0.15) is 65.7 Å². The van der Waals surface area contributed by atoms with Crippen LogP contribution in [0.15, 0.2) is 91.1 Å². The number of pyridine rings is 1. The Kier molecular flexibility index (Phi) is 11.9. The Morgan fingerprint density at radius 2 is 1.45 bits per heavy atom. The van der Waals surface area contributed by atoms with E-state index < -0.39 is 52.7 Å². The van der Waals surface area contributed by atoms with Gasteiger partial charge in [-0.2, -0.15) is 0 Å². The van der Waals surface area contributed by atoms with E-state index in [-0.39, 0.29) is 49.0 Å². The highest BCUT2D eigenvalue weighted by Crippen LogP contribution is 2.48. The van der Waals surface area contributed by atoms with Gasteiger partial charge in [-0.1, -0.05) is 0 Å². The van der Waals surface area contributed by atoms with E-state index in [2.05, 4.69) is 31.2 Å². The number of aromatic nitrogens is 1. The minimum atomic E-state index is -1.19. The lowest BCUT2D eigenvalue weighted by molar-refractivity contribution is -0.136. The first kappa shape index (κ1) is 43.5. The van der Waals surface area contributed by atoms with Crippen molar-refractivity contribution in [1.29, 1.82) is 0 Å². The van der Waals surface area contributed by atoms with E-state index in [1.54, 1.807) is 43.6 Å². The van der Waals surface area contributed by atoms with Gasteiger partial charge in [-0.05, 0) is 117 Å². The number of carbonyl (C=O) groups is 7. The second-order valence-electron chi connectivity index (χ2n) is 16.5. The van der Waals surface area contributed by atoms with E-state index in [1.807, 2.05) is 12.1 Å². The lowest BCUT2D eigenvalue weighted by Crippen LogP contribution is -2.54. The number of ether oxygens (including phenoxy) is 3. The quantitative estimate of drug-likeness (QED) is 0.0752. The van der Waals surface area contributed by atoms with E-state index in [0.717, 1.165) is 16.0 Å². The van der Waals surface area contributed by atoms with Gasteiger partial charge in [0.1, 0.15) is 34.5 Å². The van der Waals surface area contributed by atoms with Gasteiger partial charge in [-0.15, -0.1) is 0 Å². The highest BCUT2D eigenvalue weighted by Gasteiger charge is 2.56. The third-order valence-electron chi connectivity index (χ3n) is 12.3. The van der Waals surface area contributed by atoms with Crippen molar-refractivity contribution in [2.75, 3.05) is 47.7 Å². The SMILES string of the molecule is COc1cc2c(Oc3ccc(NC(=O)C4(C(=O)Nc5ccc(F)cc5)CC4)cc3)ccnc2cc1N1CCC(OCCC(=O)Nc2ccc3c(c2)C(=O)N(C2CCC(=O)NC2=O)C3=O)CC1. The number of carbonyl (C=O) groups excluding carboxylic acids is 7. The van der Waals surface area contributed by atoms with Gasteiger partial charge in [0.2, 0.25) is 29.5 Å². The molecule has 1 aromatic heterocycles. The van der Waals surface area contributed by atoms with E-state index in [9.17, 15) is 38.0 Å². The molecule has 4 N–H and O–H groups in total. The molecule has 1 unspecified atom stereocenters. The number of rotatable bonds is 14. The summed E-state index contributed by atoms with van der Waals surface area (Å²) in [5, 5.41) is 11.2. The van der Waals surface area contributed by atoms with Crippen molar-refractivity contribution >= 4 is 75.0 Å². The number of nitrogens with one attached hydrogen (secondary N) is 4. The molecule has 0 spiro atoms. The number of hydrogen-bond acceptors (Lipinski definition) is 12. The fourth-order valence-electron chi connectivity index (χ4n) is 8.44. The largest absolute Gasteiger partial charge is 0.495 e. The molecule has 3 aliphatic heterocycles. The first-order valence-corrected chi connectivity index (χ1v) is 21.5. The predicted octanol–water partition coefficient (Wildman–Crippen LogP) is 5.95. The molecule has 1 aliphatic carbocycles. The lowest BCUT2D eigenvalue weighted by atomic mass is 10.0. The molecule has 0 bridgehead atoms. The maximum Gasteiger partial charge on any atom is 0.262 e. The molecule has 1 atom stereocenters. The fraction of sp³-hybridized carbons (Fsp3) is 0.292. The second-order valence-corrected chi connectivity index (χ2v) is 16.5. The molecule has 17 nitrogen and oxygen atoms in total. The topological polar surface area (TPSA) is 215 Å². The molecular weight excluding hydrogens is 854 g/mol. The van der Waals surface area contributed by atoms with Crippen molar-refractivity contribution in [3.8, 4) is 17.2 Å². The molecule has 7 amide bonds. The third-order valence-corrected chi connectivity index (χ3v) is 12.3. The van der Waals surface area contributed by atoms with Crippen LogP contribution in [-0.2, 0) is 28.7 Å². The summed E-state index contributed by atoms with van der Waals surface area (Å²) in [4.78, 5) is 96.9. The molecule has 4 aliphatic rings. The van der Waals surface area contributed by atoms with E-state index in [1.165, 1.54) is 42.5 Å². The molecule has 18 heteroatoms. The zero-order chi connectivity index (χ0) is 46.1. The van der Waals surface area contributed by atoms with Crippen LogP contribution < -0.4 is 35.6 Å². The van der Waals surface area contributed by atoms with Crippen LogP contribution in [0.25, 0.3) is 10.9 Å². The average Bonchev–Trinajstić information content (AvgIpc) is 4.10. The minimum absolute atomic E-state index is 0.0176. The first-order chi connectivity index (χ1) is 31.9. The summed E-state index contributed by atoms with van der Waals surface area (Å²) < 4.78 is 31.5. The summed E-state index contributed by atoms with van der Waals surface area (Å²) in [7, 11) is 1.60. The molecule has 0 radical (unpaired) electrons. The molecule has 66 heavy (non-hydrogen) atoms. The third kappa shape index (κ3) is 8.86. The Hall–Kier alpha value is -7.73. The summed E-state index contributed by atoms with van der Waals surface area (Å²) in [6, 6.07) is 21.1. The Labute approximate surface area is 377 Å². The molecule has 5 aromatic rings. The Morgan fingerprint density at radius 1 is 0.788 bits per heavy atom. The van der Waals surface area contributed by atoms with Gasteiger partial charge in [0.15, 0.2) is 0 Å². The standard InChI is InChI=1S/C48H44FN7O10/c1-64-40-25-35-36(50-20-14-39(35)66-32-9-6-29(7-10-32)53-47(63)48(18-19-48)46(62)52-28-4-2-27(49)3-5-28)26-38(40)55-21-15-31(16-22-55)65-23-17-42(58)51-30-8-11-33-34(24-30)45(61)56(44(33)60)37-12-13-41(57)54-43(37)59/h2-11,14,20,24-26,31,37H,12-13,15-19,21-23H2,1H3,(H,51,58)(H,52,62)(H,53,63)(H,54,57,59). The van der Waals surface area contributed by atoms with Gasteiger partial charge in [0.05, 0.1) is 48.6 Å². The monoisotopic (exact) mass is 897 g/mol. The van der Waals surface area contributed by atoms with Gasteiger partial charge in [0.25, 0.3) is 11.8 Å². The number of benzene rings is 4. The molecule has 9 rings (SSSR count). The molecule has 1 saturated carbocycles. The number of hydrogen-bond donors (Lipinski definition) is 4. The van der Waals surface area contributed by atoms with Crippen molar-refractivity contribution in [2.45, 2.75) is 57.1 Å². The number of anilines is 4. The van der Waals surface area contributed by atoms with Crippen LogP contribution in [0.3, 0.4) is 0 Å². The highest BCUT2D eigenvalue weighted by molar-refractivity contribution is 6.24. The lowest BCUT2D eigenvalue weighted by Gasteiger charge is -2.34. The van der Waals surface area contributed by atoms with Gasteiger partial charge in [-0.25, -0.2) is 4.39 Å². The normalized spacial score (nSPS) is 17.8. The fourth-order valence-corrected chi connectivity index (χ4v) is 8.44. The number of amides is 7. The van der Waals surface area contributed by atoms with Gasteiger partial charge < -0.3 is 35.1 Å². The molecular formula is C48H44FN7O10. The van der Waals surface area contributed by atoms with Crippen LogP contribution in [0.4, 0.5) is 27.1 Å². The predicted molar refractivity (Wildman–Crippen MR) is 238 cm³/mol. The van der Waals surface area contributed by atoms with Crippen LogP contribution in [0, 0.1) is 11.2 Å². The van der Waals surface area contributed by atoms with Crippen molar-refractivity contribution in [3.63, 3.8) is 0 Å². The number of methoxy groups -OCH3 is 1. The zero-order valence-electron chi connectivity index (χ0n) is 35.7. The Balaban J connectivity index is 0.753. The molecule has 2 saturated heterocycles. The van der Waals surface area contributed by atoms with Crippen molar-refractivity contribution in [2.24, 2.45) is 5.41 Å². The van der Waals surface area contributed by atoms with Crippen molar-refractivity contribution in [3.05, 3.63) is 108 Å². The summed E-state index contributed by atoms with van der Waals surface area (Å²) in [6.07, 6.45) is 3.91. The number of piperidine rings is 2. The summed E-state index contributed by atoms with van der Waals surface area (Å²) in [5.41, 5.74) is 1.78. The van der Waals surface area contributed by atoms with Gasteiger partial charge in [-0.3, -0.25) is 48.8 Å². The summed E-state index contributed by atoms with van der Waals surface area (Å²) >= 11 is 0. The zero-order valence-corrected chi connectivity index (χ0v) is 35.7. The maximum atomic E-state index is 13.3. The van der Waals surface area contributed by atoms with Crippen molar-refractivity contribution in [1.82, 2.24) is 15.2 Å². The van der Waals surface area contributed by atoms with Crippen LogP contribution >= 0.6 is 0 Å². The smallest absolute Gasteiger partial charge is 0.262 e. The number of fused-ring (bicyclic) bond motifs is 2. The van der Waals surface area contributed by atoms with Gasteiger partial charge in [0, 0.05) is 48.2 Å². The number of imide groups is 2. The van der Waals surface area contributed by atoms with Crippen LogP contribution in [-0.4, -0.2) is 90.2 Å². The van der Waals surface area contributed by atoms with E-state index in [0.29, 0.717) is 78.6 Å². The van der Waals surface area contributed by atoms with Crippen LogP contribution in [0.5, 0.6) is 17.2 Å². The maximum absolute atomic E-state index is 13.3. The van der Waals surface area contributed by atoms with E-state index >= 15 is 0 Å². The second kappa shape index (κ2) is 18.0. The molecule has 4 heterocycles.